The zero-order chi connectivity index (χ0) is 50.6. The number of unbranched alkanes of at least 4 members (excludes halogenated alkanes) is 37. The molecule has 0 aromatic rings. The van der Waals surface area contributed by atoms with Crippen LogP contribution in [-0.2, 0) is 32.7 Å². The normalized spacial score (nSPS) is 13.4. The third kappa shape index (κ3) is 55.7. The summed E-state index contributed by atoms with van der Waals surface area (Å²) in [7, 11) is 1.48. The molecule has 0 aliphatic rings. The van der Waals surface area contributed by atoms with Gasteiger partial charge < -0.3 is 18.9 Å². The predicted octanol–water partition coefficient (Wildman–Crippen LogP) is 18.2. The molecule has 9 nitrogen and oxygen atoms in total. The molecule has 408 valence electrons. The summed E-state index contributed by atoms with van der Waals surface area (Å²) in [6, 6.07) is 0. The number of allylic oxidation sites excluding steroid dienone is 4. The lowest BCUT2D eigenvalue weighted by Crippen LogP contribution is -2.37. The fraction of sp³-hybridized carbons (Fsp3) is 0.898. The van der Waals surface area contributed by atoms with Crippen molar-refractivity contribution in [3.8, 4) is 0 Å². The smallest absolute Gasteiger partial charge is 0.462 e. The van der Waals surface area contributed by atoms with Crippen LogP contribution in [0.3, 0.4) is 0 Å². The highest BCUT2D eigenvalue weighted by atomic mass is 31.2. The lowest BCUT2D eigenvalue weighted by Gasteiger charge is -2.24. The van der Waals surface area contributed by atoms with Crippen molar-refractivity contribution in [3.05, 3.63) is 24.3 Å². The van der Waals surface area contributed by atoms with Gasteiger partial charge in [-0.25, -0.2) is 4.57 Å². The SMILES string of the molecule is CCCCCC/C=C\C/C=C\CCCCCCCC(=O)OC(COC(=O)CCCCCCCCCCCCCCCCCCCCCCCCCCCCCCC)COP(=O)(O)OCC[N+](C)(C)C. The van der Waals surface area contributed by atoms with E-state index in [4.69, 9.17) is 18.5 Å². The van der Waals surface area contributed by atoms with Crippen molar-refractivity contribution in [1.29, 1.82) is 0 Å². The number of ether oxygens (including phenoxy) is 2. The summed E-state index contributed by atoms with van der Waals surface area (Å²) >= 11 is 0. The average Bonchev–Trinajstić information content (AvgIpc) is 3.31. The maximum absolute atomic E-state index is 12.8. The monoisotopic (exact) mass is 997 g/mol. The molecule has 0 rings (SSSR count). The third-order valence-corrected chi connectivity index (χ3v) is 14.2. The van der Waals surface area contributed by atoms with E-state index in [1.165, 1.54) is 199 Å². The van der Waals surface area contributed by atoms with Gasteiger partial charge in [-0.3, -0.25) is 18.6 Å². The van der Waals surface area contributed by atoms with Crippen molar-refractivity contribution in [1.82, 2.24) is 0 Å². The highest BCUT2D eigenvalue weighted by Gasteiger charge is 2.27. The van der Waals surface area contributed by atoms with Gasteiger partial charge in [-0.2, -0.15) is 0 Å². The molecule has 0 aromatic carbocycles. The number of phosphoric ester groups is 1. The number of likely N-dealkylation sites (N-methyl/N-ethyl adjacent to an activating group) is 1. The molecular formula is C59H115NO8P+. The van der Waals surface area contributed by atoms with Crippen LogP contribution < -0.4 is 0 Å². The lowest BCUT2D eigenvalue weighted by molar-refractivity contribution is -0.870. The molecule has 69 heavy (non-hydrogen) atoms. The van der Waals surface area contributed by atoms with Gasteiger partial charge in [0.1, 0.15) is 19.8 Å². The van der Waals surface area contributed by atoms with Gasteiger partial charge in [0.15, 0.2) is 6.10 Å². The Hall–Kier alpha value is -1.51. The molecule has 10 heteroatoms. The Morgan fingerprint density at radius 3 is 1.16 bits per heavy atom. The molecule has 0 amide bonds. The first-order chi connectivity index (χ1) is 33.5. The number of nitrogens with zero attached hydrogens (tertiary/aromatic N) is 1. The van der Waals surface area contributed by atoms with Crippen LogP contribution in [0.2, 0.25) is 0 Å². The molecule has 2 atom stereocenters. The van der Waals surface area contributed by atoms with Crippen LogP contribution in [-0.4, -0.2) is 74.9 Å². The topological polar surface area (TPSA) is 108 Å². The highest BCUT2D eigenvalue weighted by molar-refractivity contribution is 7.47. The lowest BCUT2D eigenvalue weighted by atomic mass is 10.0. The zero-order valence-corrected chi connectivity index (χ0v) is 47.2. The van der Waals surface area contributed by atoms with E-state index in [2.05, 4.69) is 38.2 Å². The summed E-state index contributed by atoms with van der Waals surface area (Å²) in [6.45, 7) is 4.44. The first-order valence-electron chi connectivity index (χ1n) is 29.6. The number of phosphoric acid groups is 1. The van der Waals surface area contributed by atoms with E-state index in [0.29, 0.717) is 23.9 Å². The minimum Gasteiger partial charge on any atom is -0.462 e. The van der Waals surface area contributed by atoms with Crippen LogP contribution in [0, 0.1) is 0 Å². The van der Waals surface area contributed by atoms with Crippen LogP contribution >= 0.6 is 7.82 Å². The van der Waals surface area contributed by atoms with Crippen molar-refractivity contribution in [3.63, 3.8) is 0 Å². The van der Waals surface area contributed by atoms with Crippen LogP contribution in [0.1, 0.15) is 290 Å². The van der Waals surface area contributed by atoms with Crippen molar-refractivity contribution < 1.29 is 42.1 Å². The van der Waals surface area contributed by atoms with Crippen molar-refractivity contribution in [2.45, 2.75) is 296 Å². The van der Waals surface area contributed by atoms with Gasteiger partial charge in [-0.1, -0.05) is 256 Å². The predicted molar refractivity (Wildman–Crippen MR) is 294 cm³/mol. The second-order valence-corrected chi connectivity index (χ2v) is 22.8. The number of esters is 2. The van der Waals surface area contributed by atoms with Gasteiger partial charge in [0, 0.05) is 12.8 Å². The van der Waals surface area contributed by atoms with E-state index in [9.17, 15) is 19.0 Å². The van der Waals surface area contributed by atoms with Crippen LogP contribution in [0.15, 0.2) is 24.3 Å². The maximum atomic E-state index is 12.8. The molecule has 0 aliphatic heterocycles. The molecule has 0 bridgehead atoms. The second kappa shape index (κ2) is 51.4. The molecule has 1 N–H and O–H groups in total. The van der Waals surface area contributed by atoms with Gasteiger partial charge in [0.05, 0.1) is 27.7 Å². The van der Waals surface area contributed by atoms with E-state index in [1.54, 1.807) is 0 Å². The number of carbonyl (C=O) groups is 2. The number of rotatable bonds is 55. The van der Waals surface area contributed by atoms with Crippen LogP contribution in [0.4, 0.5) is 0 Å². The molecule has 0 saturated heterocycles. The molecule has 0 heterocycles. The fourth-order valence-electron chi connectivity index (χ4n) is 8.64. The quantitative estimate of drug-likeness (QED) is 0.0211. The first-order valence-corrected chi connectivity index (χ1v) is 31.1. The van der Waals surface area contributed by atoms with Gasteiger partial charge >= 0.3 is 19.8 Å². The Balaban J connectivity index is 4.04. The summed E-state index contributed by atoms with van der Waals surface area (Å²) in [5.74, 6) is -0.799. The summed E-state index contributed by atoms with van der Waals surface area (Å²) in [5.41, 5.74) is 0. The Morgan fingerprint density at radius 1 is 0.449 bits per heavy atom. The number of carbonyl (C=O) groups excluding carboxylic acids is 2. The summed E-state index contributed by atoms with van der Waals surface area (Å²) in [5, 5.41) is 0. The van der Waals surface area contributed by atoms with E-state index in [0.717, 1.165) is 57.8 Å². The second-order valence-electron chi connectivity index (χ2n) is 21.4. The third-order valence-electron chi connectivity index (χ3n) is 13.2. The van der Waals surface area contributed by atoms with Crippen molar-refractivity contribution in [2.24, 2.45) is 0 Å². The largest absolute Gasteiger partial charge is 0.472 e. The molecule has 0 saturated carbocycles. The fourth-order valence-corrected chi connectivity index (χ4v) is 9.38. The number of quaternary nitrogens is 1. The summed E-state index contributed by atoms with van der Waals surface area (Å²) in [6.07, 6.45) is 61.2. The van der Waals surface area contributed by atoms with E-state index < -0.39 is 26.5 Å². The Labute approximate surface area is 428 Å². The summed E-state index contributed by atoms with van der Waals surface area (Å²) < 4.78 is 34.5. The Morgan fingerprint density at radius 2 is 0.783 bits per heavy atom. The van der Waals surface area contributed by atoms with Crippen molar-refractivity contribution in [2.75, 3.05) is 47.5 Å². The number of hydrogen-bond donors (Lipinski definition) is 1. The molecule has 2 unspecified atom stereocenters. The van der Waals surface area contributed by atoms with Gasteiger partial charge in [0.25, 0.3) is 0 Å². The van der Waals surface area contributed by atoms with Crippen LogP contribution in [0.25, 0.3) is 0 Å². The van der Waals surface area contributed by atoms with Gasteiger partial charge in [0.2, 0.25) is 0 Å². The highest BCUT2D eigenvalue weighted by Crippen LogP contribution is 2.43. The zero-order valence-electron chi connectivity index (χ0n) is 46.3. The Kier molecular flexibility index (Phi) is 50.3. The molecule has 0 spiro atoms. The minimum atomic E-state index is -4.38. The van der Waals surface area contributed by atoms with E-state index in [-0.39, 0.29) is 25.6 Å². The first kappa shape index (κ1) is 67.5. The van der Waals surface area contributed by atoms with Crippen LogP contribution in [0.5, 0.6) is 0 Å². The molecule has 0 aliphatic carbocycles. The molecule has 0 aromatic heterocycles. The number of hydrogen-bond acceptors (Lipinski definition) is 7. The average molecular weight is 998 g/mol. The van der Waals surface area contributed by atoms with E-state index >= 15 is 0 Å². The molecule has 0 radical (unpaired) electrons. The molecular weight excluding hydrogens is 882 g/mol. The van der Waals surface area contributed by atoms with Crippen molar-refractivity contribution >= 4 is 19.8 Å². The standard InChI is InChI=1S/C59H114NO8P/c1-6-8-10-12-14-16-18-20-22-24-25-26-27-28-29-30-31-32-33-34-35-36-38-39-41-43-45-47-49-51-58(61)65-55-57(56-67-69(63,64)66-54-53-60(3,4)5)68-59(62)52-50-48-46-44-42-40-37-23-21-19-17-15-13-11-9-7-2/h17,19,23,37,57H,6-16,18,20-22,24-36,38-56H2,1-5H3/p+1/b19-17-,37-23-. The summed E-state index contributed by atoms with van der Waals surface area (Å²) in [4.78, 5) is 35.6. The van der Waals surface area contributed by atoms with Gasteiger partial charge in [-0.05, 0) is 44.9 Å². The minimum absolute atomic E-state index is 0.0310. The Bertz CT molecular complexity index is 1220. The van der Waals surface area contributed by atoms with E-state index in [1.807, 2.05) is 21.1 Å². The molecule has 0 fully saturated rings. The maximum Gasteiger partial charge on any atom is 0.472 e. The van der Waals surface area contributed by atoms with Gasteiger partial charge in [-0.15, -0.1) is 0 Å².